The fraction of sp³-hybridized carbons (Fsp3) is 0.667. The van der Waals surface area contributed by atoms with Gasteiger partial charge in [0.2, 0.25) is 5.91 Å². The van der Waals surface area contributed by atoms with E-state index in [-0.39, 0.29) is 11.7 Å². The number of carbonyl (C=O) groups is 1. The molecule has 0 aromatic carbocycles. The molecule has 120 valence electrons. The third kappa shape index (κ3) is 6.20. The molecular weight excluding hydrogens is 400 g/mol. The molecule has 0 aliphatic heterocycles. The van der Waals surface area contributed by atoms with Crippen LogP contribution in [-0.2, 0) is 11.3 Å². The topological polar surface area (TPSA) is 59.0 Å². The summed E-state index contributed by atoms with van der Waals surface area (Å²) in [6.07, 6.45) is -2.47. The molecule has 21 heavy (non-hydrogen) atoms. The number of halogens is 4. The van der Waals surface area contributed by atoms with Crippen LogP contribution in [0.5, 0.6) is 0 Å². The third-order valence-corrected chi connectivity index (χ3v) is 3.46. The quantitative estimate of drug-likeness (QED) is 0.699. The molecule has 1 aromatic rings. The molecule has 0 bridgehead atoms. The van der Waals surface area contributed by atoms with E-state index in [0.717, 1.165) is 4.68 Å². The number of alkyl halides is 3. The highest BCUT2D eigenvalue weighted by molar-refractivity contribution is 14.1. The molecule has 0 saturated carbocycles. The molecule has 1 aromatic heterocycles. The minimum Gasteiger partial charge on any atom is -0.309 e. The Morgan fingerprint density at radius 1 is 1.48 bits per heavy atom. The molecule has 0 aliphatic carbocycles. The number of hydrogen-bond acceptors (Lipinski definition) is 3. The molecule has 0 saturated heterocycles. The van der Waals surface area contributed by atoms with Gasteiger partial charge >= 0.3 is 6.18 Å². The number of nitrogens with one attached hydrogen (secondary N) is 2. The van der Waals surface area contributed by atoms with Crippen molar-refractivity contribution in [3.63, 3.8) is 0 Å². The Bertz CT molecular complexity index is 487. The van der Waals surface area contributed by atoms with Crippen LogP contribution in [0.4, 0.5) is 19.0 Å². The van der Waals surface area contributed by atoms with Gasteiger partial charge in [-0.15, -0.1) is 0 Å². The van der Waals surface area contributed by atoms with Gasteiger partial charge in [0.1, 0.15) is 6.54 Å². The van der Waals surface area contributed by atoms with E-state index in [1.54, 1.807) is 7.05 Å². The van der Waals surface area contributed by atoms with Crippen LogP contribution in [-0.4, -0.2) is 35.0 Å². The Morgan fingerprint density at radius 3 is 2.57 bits per heavy atom. The van der Waals surface area contributed by atoms with Gasteiger partial charge in [-0.2, -0.15) is 18.3 Å². The Balaban J connectivity index is 2.76. The van der Waals surface area contributed by atoms with E-state index in [9.17, 15) is 18.0 Å². The van der Waals surface area contributed by atoms with E-state index in [1.165, 1.54) is 6.20 Å². The Morgan fingerprint density at radius 2 is 2.10 bits per heavy atom. The molecule has 2 N–H and O–H groups in total. The fourth-order valence-electron chi connectivity index (χ4n) is 1.78. The van der Waals surface area contributed by atoms with Gasteiger partial charge in [-0.3, -0.25) is 9.48 Å². The average Bonchev–Trinajstić information content (AvgIpc) is 2.63. The molecule has 1 amide bonds. The normalized spacial score (nSPS) is 13.5. The molecule has 0 fully saturated rings. The van der Waals surface area contributed by atoms with E-state index in [1.807, 2.05) is 36.4 Å². The van der Waals surface area contributed by atoms with E-state index >= 15 is 0 Å². The first kappa shape index (κ1) is 18.2. The first-order valence-corrected chi connectivity index (χ1v) is 7.48. The van der Waals surface area contributed by atoms with Gasteiger partial charge in [0.05, 0.1) is 9.61 Å². The van der Waals surface area contributed by atoms with Crippen molar-refractivity contribution in [1.29, 1.82) is 0 Å². The van der Waals surface area contributed by atoms with E-state index in [0.29, 0.717) is 15.9 Å². The highest BCUT2D eigenvalue weighted by Crippen LogP contribution is 2.21. The average molecular weight is 418 g/mol. The van der Waals surface area contributed by atoms with E-state index in [4.69, 9.17) is 0 Å². The highest BCUT2D eigenvalue weighted by atomic mass is 127. The molecule has 0 unspecified atom stereocenters. The monoisotopic (exact) mass is 418 g/mol. The minimum absolute atomic E-state index is 0.147. The lowest BCUT2D eigenvalue weighted by atomic mass is 10.0. The zero-order chi connectivity index (χ0) is 16.2. The molecule has 0 aliphatic rings. The van der Waals surface area contributed by atoms with Crippen LogP contribution in [0.25, 0.3) is 0 Å². The molecule has 1 rings (SSSR count). The van der Waals surface area contributed by atoms with Crippen LogP contribution in [0, 0.1) is 9.49 Å². The van der Waals surface area contributed by atoms with Gasteiger partial charge in [-0.25, -0.2) is 0 Å². The molecule has 1 atom stereocenters. The summed E-state index contributed by atoms with van der Waals surface area (Å²) in [6.45, 7) is 2.79. The standard InChI is InChI=1S/C12H18F3IN4O/c1-7(2)4-9(17-3)11(21)18-10-8(16)5-20(19-10)6-12(13,14)15/h5,7,9,17H,4,6H2,1-3H3,(H,18,19,21)/t9-/m0/s1. The van der Waals surface area contributed by atoms with E-state index in [2.05, 4.69) is 15.7 Å². The van der Waals surface area contributed by atoms with Crippen molar-refractivity contribution >= 4 is 34.3 Å². The summed E-state index contributed by atoms with van der Waals surface area (Å²) in [5, 5.41) is 9.21. The van der Waals surface area contributed by atoms with Gasteiger partial charge in [0, 0.05) is 6.20 Å². The summed E-state index contributed by atoms with van der Waals surface area (Å²) in [5.74, 6) is 0.158. The zero-order valence-electron chi connectivity index (χ0n) is 12.0. The van der Waals surface area contributed by atoms with Crippen LogP contribution in [0.15, 0.2) is 6.20 Å². The predicted octanol–water partition coefficient (Wildman–Crippen LogP) is 2.62. The summed E-state index contributed by atoms with van der Waals surface area (Å²) in [4.78, 5) is 12.1. The first-order valence-electron chi connectivity index (χ1n) is 6.40. The third-order valence-electron chi connectivity index (χ3n) is 2.67. The van der Waals surface area contributed by atoms with Gasteiger partial charge in [-0.1, -0.05) is 13.8 Å². The zero-order valence-corrected chi connectivity index (χ0v) is 14.1. The summed E-state index contributed by atoms with van der Waals surface area (Å²) in [6, 6.07) is -0.409. The van der Waals surface area contributed by atoms with Crippen LogP contribution < -0.4 is 10.6 Å². The number of rotatable bonds is 6. The first-order chi connectivity index (χ1) is 9.62. The maximum absolute atomic E-state index is 12.3. The van der Waals surface area contributed by atoms with Crippen LogP contribution in [0.1, 0.15) is 20.3 Å². The number of carbonyl (C=O) groups excluding carboxylic acids is 1. The Hall–Kier alpha value is -0.840. The number of aromatic nitrogens is 2. The molecule has 0 radical (unpaired) electrons. The smallest absolute Gasteiger partial charge is 0.309 e. The molecule has 9 heteroatoms. The van der Waals surface area contributed by atoms with Gasteiger partial charge in [0.25, 0.3) is 0 Å². The van der Waals surface area contributed by atoms with Crippen molar-refractivity contribution in [2.45, 2.75) is 39.0 Å². The number of hydrogen-bond donors (Lipinski definition) is 2. The van der Waals surface area contributed by atoms with Crippen LogP contribution in [0.2, 0.25) is 0 Å². The second kappa shape index (κ2) is 7.43. The second-order valence-corrected chi connectivity index (χ2v) is 6.26. The van der Waals surface area contributed by atoms with Gasteiger partial charge in [-0.05, 0) is 42.0 Å². The van der Waals surface area contributed by atoms with Gasteiger partial charge < -0.3 is 10.6 Å². The van der Waals surface area contributed by atoms with Crippen molar-refractivity contribution in [1.82, 2.24) is 15.1 Å². The van der Waals surface area contributed by atoms with Crippen molar-refractivity contribution in [2.24, 2.45) is 5.92 Å². The fourth-order valence-corrected chi connectivity index (χ4v) is 2.34. The summed E-state index contributed by atoms with van der Waals surface area (Å²) < 4.78 is 38.2. The molecular formula is C12H18F3IN4O. The summed E-state index contributed by atoms with van der Waals surface area (Å²) >= 11 is 1.84. The second-order valence-electron chi connectivity index (χ2n) is 5.10. The van der Waals surface area contributed by atoms with Crippen molar-refractivity contribution in [3.8, 4) is 0 Å². The molecule has 0 spiro atoms. The SMILES string of the molecule is CN[C@@H](CC(C)C)C(=O)Nc1nn(CC(F)(F)F)cc1I. The van der Waals surface area contributed by atoms with Gasteiger partial charge in [0.15, 0.2) is 5.82 Å². The predicted molar refractivity (Wildman–Crippen MR) is 81.9 cm³/mol. The number of amides is 1. The summed E-state index contributed by atoms with van der Waals surface area (Å²) in [5.41, 5.74) is 0. The Kier molecular flexibility index (Phi) is 6.44. The molecule has 5 nitrogen and oxygen atoms in total. The number of nitrogens with zero attached hydrogens (tertiary/aromatic N) is 2. The lowest BCUT2D eigenvalue weighted by molar-refractivity contribution is -0.142. The maximum Gasteiger partial charge on any atom is 0.408 e. The Labute approximate surface area is 134 Å². The number of anilines is 1. The van der Waals surface area contributed by atoms with Crippen molar-refractivity contribution in [3.05, 3.63) is 9.77 Å². The van der Waals surface area contributed by atoms with Crippen LogP contribution >= 0.6 is 22.6 Å². The lowest BCUT2D eigenvalue weighted by Gasteiger charge is -2.17. The van der Waals surface area contributed by atoms with E-state index < -0.39 is 18.8 Å². The van der Waals surface area contributed by atoms with Crippen molar-refractivity contribution < 1.29 is 18.0 Å². The minimum atomic E-state index is -4.35. The molecule has 1 heterocycles. The number of likely N-dealkylation sites (N-methyl/N-ethyl adjacent to an activating group) is 1. The van der Waals surface area contributed by atoms with Crippen molar-refractivity contribution in [2.75, 3.05) is 12.4 Å². The largest absolute Gasteiger partial charge is 0.408 e. The lowest BCUT2D eigenvalue weighted by Crippen LogP contribution is -2.39. The summed E-state index contributed by atoms with van der Waals surface area (Å²) in [7, 11) is 1.67. The van der Waals surface area contributed by atoms with Crippen LogP contribution in [0.3, 0.4) is 0 Å². The highest BCUT2D eigenvalue weighted by Gasteiger charge is 2.29. The maximum atomic E-state index is 12.3.